The van der Waals surface area contributed by atoms with Crippen LogP contribution in [0.5, 0.6) is 0 Å². The van der Waals surface area contributed by atoms with E-state index in [0.29, 0.717) is 18.4 Å². The molecule has 1 heteroatoms. The fraction of sp³-hybridized carbons (Fsp3) is 0.714. The summed E-state index contributed by atoms with van der Waals surface area (Å²) in [5.74, 6) is 1.29. The van der Waals surface area contributed by atoms with E-state index in [4.69, 9.17) is 5.11 Å². The first-order valence-electron chi connectivity index (χ1n) is 3.12. The van der Waals surface area contributed by atoms with E-state index in [-0.39, 0.29) is 0 Å². The summed E-state index contributed by atoms with van der Waals surface area (Å²) in [5, 5.41) is 8.57. The number of aliphatic hydroxyl groups excluding tert-OH is 1. The molecule has 0 heterocycles. The molecule has 1 fully saturated rings. The molecular formula is C7H12O. The lowest BCUT2D eigenvalue weighted by Crippen LogP contribution is -1.84. The van der Waals surface area contributed by atoms with Crippen LogP contribution in [0.15, 0.2) is 12.2 Å². The van der Waals surface area contributed by atoms with E-state index in [9.17, 15) is 0 Å². The molecule has 1 saturated carbocycles. The van der Waals surface area contributed by atoms with Crippen LogP contribution in [0.4, 0.5) is 0 Å². The number of hydrogen-bond acceptors (Lipinski definition) is 1. The average Bonchev–Trinajstić information content (AvgIpc) is 2.48. The molecule has 0 aromatic heterocycles. The molecule has 1 rings (SSSR count). The Labute approximate surface area is 50.0 Å². The molecule has 0 spiro atoms. The van der Waals surface area contributed by atoms with Gasteiger partial charge < -0.3 is 5.11 Å². The fourth-order valence-electron chi connectivity index (χ4n) is 0.964. The van der Waals surface area contributed by atoms with E-state index in [2.05, 4.69) is 12.2 Å². The van der Waals surface area contributed by atoms with Crippen molar-refractivity contribution >= 4 is 0 Å². The van der Waals surface area contributed by atoms with Crippen LogP contribution in [0.25, 0.3) is 0 Å². The minimum absolute atomic E-state index is 0.370. The van der Waals surface area contributed by atoms with Crippen LogP contribution < -0.4 is 0 Å². The highest BCUT2D eigenvalue weighted by Gasteiger charge is 2.33. The SMILES string of the molecule is C/C=C/C1CC1CO. The average molecular weight is 112 g/mol. The van der Waals surface area contributed by atoms with Gasteiger partial charge in [0.05, 0.1) is 0 Å². The predicted octanol–water partition coefficient (Wildman–Crippen LogP) is 1.19. The summed E-state index contributed by atoms with van der Waals surface area (Å²) >= 11 is 0. The van der Waals surface area contributed by atoms with E-state index < -0.39 is 0 Å². The zero-order chi connectivity index (χ0) is 5.98. The highest BCUT2D eigenvalue weighted by atomic mass is 16.3. The van der Waals surface area contributed by atoms with E-state index >= 15 is 0 Å². The molecule has 0 saturated heterocycles. The van der Waals surface area contributed by atoms with E-state index in [1.807, 2.05) is 6.92 Å². The van der Waals surface area contributed by atoms with Crippen molar-refractivity contribution in [2.45, 2.75) is 13.3 Å². The van der Waals surface area contributed by atoms with Crippen molar-refractivity contribution in [3.8, 4) is 0 Å². The molecule has 46 valence electrons. The zero-order valence-corrected chi connectivity index (χ0v) is 5.17. The molecule has 0 bridgehead atoms. The van der Waals surface area contributed by atoms with Crippen LogP contribution in [-0.2, 0) is 0 Å². The van der Waals surface area contributed by atoms with Gasteiger partial charge in [0.2, 0.25) is 0 Å². The van der Waals surface area contributed by atoms with Crippen molar-refractivity contribution in [3.05, 3.63) is 12.2 Å². The first-order valence-corrected chi connectivity index (χ1v) is 3.12. The summed E-state index contributed by atoms with van der Waals surface area (Å²) in [6, 6.07) is 0. The number of hydrogen-bond donors (Lipinski definition) is 1. The van der Waals surface area contributed by atoms with Crippen LogP contribution in [0.2, 0.25) is 0 Å². The van der Waals surface area contributed by atoms with Crippen LogP contribution in [0, 0.1) is 11.8 Å². The van der Waals surface area contributed by atoms with Gasteiger partial charge in [-0.2, -0.15) is 0 Å². The lowest BCUT2D eigenvalue weighted by molar-refractivity contribution is 0.272. The second kappa shape index (κ2) is 2.31. The molecular weight excluding hydrogens is 100 g/mol. The van der Waals surface area contributed by atoms with Crippen molar-refractivity contribution in [2.75, 3.05) is 6.61 Å². The third-order valence-corrected chi connectivity index (χ3v) is 1.65. The molecule has 1 aliphatic rings. The van der Waals surface area contributed by atoms with E-state index in [1.165, 1.54) is 6.42 Å². The third kappa shape index (κ3) is 1.10. The molecule has 1 nitrogen and oxygen atoms in total. The first-order chi connectivity index (χ1) is 3.88. The molecule has 0 aromatic carbocycles. The topological polar surface area (TPSA) is 20.2 Å². The molecule has 1 N–H and O–H groups in total. The number of allylic oxidation sites excluding steroid dienone is 2. The van der Waals surface area contributed by atoms with Gasteiger partial charge in [-0.05, 0) is 25.2 Å². The Morgan fingerprint density at radius 1 is 1.75 bits per heavy atom. The minimum atomic E-state index is 0.370. The van der Waals surface area contributed by atoms with Crippen LogP contribution >= 0.6 is 0 Å². The molecule has 2 unspecified atom stereocenters. The van der Waals surface area contributed by atoms with Gasteiger partial charge in [0.25, 0.3) is 0 Å². The summed E-state index contributed by atoms with van der Waals surface area (Å²) in [7, 11) is 0. The maximum Gasteiger partial charge on any atom is 0.0465 e. The number of aliphatic hydroxyl groups is 1. The quantitative estimate of drug-likeness (QED) is 0.532. The lowest BCUT2D eigenvalue weighted by Gasteiger charge is -1.82. The van der Waals surface area contributed by atoms with Gasteiger partial charge in [-0.25, -0.2) is 0 Å². The predicted molar refractivity (Wildman–Crippen MR) is 33.5 cm³/mol. The van der Waals surface area contributed by atoms with Crippen molar-refractivity contribution < 1.29 is 5.11 Å². The Balaban J connectivity index is 2.17. The summed E-state index contributed by atoms with van der Waals surface area (Å²) < 4.78 is 0. The largest absolute Gasteiger partial charge is 0.396 e. The van der Waals surface area contributed by atoms with Crippen LogP contribution in [-0.4, -0.2) is 11.7 Å². The Kier molecular flexibility index (Phi) is 1.69. The second-order valence-corrected chi connectivity index (χ2v) is 2.37. The first kappa shape index (κ1) is 5.83. The van der Waals surface area contributed by atoms with Gasteiger partial charge in [0.1, 0.15) is 0 Å². The van der Waals surface area contributed by atoms with Crippen molar-refractivity contribution in [3.63, 3.8) is 0 Å². The van der Waals surface area contributed by atoms with Crippen molar-refractivity contribution in [2.24, 2.45) is 11.8 Å². The van der Waals surface area contributed by atoms with Crippen LogP contribution in [0.3, 0.4) is 0 Å². The number of rotatable bonds is 2. The van der Waals surface area contributed by atoms with Crippen molar-refractivity contribution in [1.82, 2.24) is 0 Å². The standard InChI is InChI=1S/C7H12O/c1-2-3-6-4-7(6)5-8/h2-3,6-8H,4-5H2,1H3/b3-2+. The molecule has 0 amide bonds. The Morgan fingerprint density at radius 2 is 2.50 bits per heavy atom. The van der Waals surface area contributed by atoms with E-state index in [0.717, 1.165) is 0 Å². The second-order valence-electron chi connectivity index (χ2n) is 2.37. The van der Waals surface area contributed by atoms with Crippen molar-refractivity contribution in [1.29, 1.82) is 0 Å². The smallest absolute Gasteiger partial charge is 0.0465 e. The summed E-state index contributed by atoms with van der Waals surface area (Å²) in [6.45, 7) is 2.39. The van der Waals surface area contributed by atoms with Gasteiger partial charge in [-0.15, -0.1) is 0 Å². The minimum Gasteiger partial charge on any atom is -0.396 e. The summed E-state index contributed by atoms with van der Waals surface area (Å²) in [6.07, 6.45) is 5.42. The monoisotopic (exact) mass is 112 g/mol. The summed E-state index contributed by atoms with van der Waals surface area (Å²) in [4.78, 5) is 0. The molecule has 2 atom stereocenters. The Bertz CT molecular complexity index is 96.6. The molecule has 0 radical (unpaired) electrons. The van der Waals surface area contributed by atoms with Gasteiger partial charge in [0, 0.05) is 6.61 Å². The molecule has 0 aliphatic heterocycles. The molecule has 0 aromatic rings. The maximum absolute atomic E-state index is 8.57. The Hall–Kier alpha value is -0.300. The highest BCUT2D eigenvalue weighted by Crippen LogP contribution is 2.38. The van der Waals surface area contributed by atoms with Gasteiger partial charge in [0.15, 0.2) is 0 Å². The van der Waals surface area contributed by atoms with Gasteiger partial charge in [-0.3, -0.25) is 0 Å². The van der Waals surface area contributed by atoms with Gasteiger partial charge in [-0.1, -0.05) is 12.2 Å². The Morgan fingerprint density at radius 3 is 2.88 bits per heavy atom. The van der Waals surface area contributed by atoms with E-state index in [1.54, 1.807) is 0 Å². The zero-order valence-electron chi connectivity index (χ0n) is 5.17. The summed E-state index contributed by atoms with van der Waals surface area (Å²) in [5.41, 5.74) is 0. The fourth-order valence-corrected chi connectivity index (χ4v) is 0.964. The lowest BCUT2D eigenvalue weighted by atomic mass is 10.3. The molecule has 8 heavy (non-hydrogen) atoms. The molecule has 1 aliphatic carbocycles. The highest BCUT2D eigenvalue weighted by molar-refractivity contribution is 5.00. The maximum atomic E-state index is 8.57. The van der Waals surface area contributed by atoms with Crippen LogP contribution in [0.1, 0.15) is 13.3 Å². The third-order valence-electron chi connectivity index (χ3n) is 1.65. The normalized spacial score (nSPS) is 36.2. The van der Waals surface area contributed by atoms with Gasteiger partial charge >= 0.3 is 0 Å².